The smallest absolute Gasteiger partial charge is 0.264 e. The normalized spacial score (nSPS) is 18.0. The monoisotopic (exact) mass is 447 g/mol. The minimum absolute atomic E-state index is 0.0255. The number of amides is 1. The first-order chi connectivity index (χ1) is 15.1. The molecule has 0 aromatic heterocycles. The SMILES string of the molecule is CC(C)(C)c1ccc(C(=O)C[C@@]2(O)C(=O)N(Cc3ccc(Cl)cc3)c3ccccc32)cc1. The van der Waals surface area contributed by atoms with Gasteiger partial charge in [0.15, 0.2) is 11.4 Å². The van der Waals surface area contributed by atoms with Gasteiger partial charge < -0.3 is 10.0 Å². The van der Waals surface area contributed by atoms with Gasteiger partial charge in [0.25, 0.3) is 5.91 Å². The van der Waals surface area contributed by atoms with Crippen molar-refractivity contribution in [2.24, 2.45) is 0 Å². The number of carbonyl (C=O) groups is 2. The lowest BCUT2D eigenvalue weighted by atomic mass is 9.85. The number of para-hydroxylation sites is 1. The van der Waals surface area contributed by atoms with Gasteiger partial charge in [-0.05, 0) is 34.7 Å². The Morgan fingerprint density at radius 1 is 0.969 bits per heavy atom. The van der Waals surface area contributed by atoms with Crippen LogP contribution in [0.3, 0.4) is 0 Å². The van der Waals surface area contributed by atoms with Crippen LogP contribution in [0.1, 0.15) is 54.2 Å². The number of hydrogen-bond acceptors (Lipinski definition) is 3. The van der Waals surface area contributed by atoms with Crippen LogP contribution < -0.4 is 4.90 Å². The van der Waals surface area contributed by atoms with Crippen LogP contribution in [0.25, 0.3) is 0 Å². The Balaban J connectivity index is 1.62. The van der Waals surface area contributed by atoms with E-state index in [1.807, 2.05) is 30.3 Å². The van der Waals surface area contributed by atoms with E-state index in [1.54, 1.807) is 42.5 Å². The van der Waals surface area contributed by atoms with E-state index >= 15 is 0 Å². The molecule has 5 heteroatoms. The summed E-state index contributed by atoms with van der Waals surface area (Å²) in [7, 11) is 0. The van der Waals surface area contributed by atoms with Crippen LogP contribution in [0.4, 0.5) is 5.69 Å². The number of benzene rings is 3. The average Bonchev–Trinajstić information content (AvgIpc) is 2.97. The number of anilines is 1. The van der Waals surface area contributed by atoms with Crippen LogP contribution >= 0.6 is 11.6 Å². The molecule has 4 nitrogen and oxygen atoms in total. The number of aliphatic hydroxyl groups is 1. The molecule has 4 rings (SSSR count). The van der Waals surface area contributed by atoms with Gasteiger partial charge in [-0.2, -0.15) is 0 Å². The number of ketones is 1. The van der Waals surface area contributed by atoms with E-state index < -0.39 is 11.5 Å². The molecule has 1 heterocycles. The Morgan fingerprint density at radius 2 is 1.59 bits per heavy atom. The molecule has 0 spiro atoms. The van der Waals surface area contributed by atoms with E-state index in [0.717, 1.165) is 11.1 Å². The second kappa shape index (κ2) is 8.19. The van der Waals surface area contributed by atoms with E-state index in [1.165, 1.54) is 4.90 Å². The molecule has 1 aliphatic heterocycles. The number of nitrogens with zero attached hydrogens (tertiary/aromatic N) is 1. The zero-order valence-electron chi connectivity index (χ0n) is 18.4. The molecule has 0 fully saturated rings. The van der Waals surface area contributed by atoms with Gasteiger partial charge in [0.2, 0.25) is 0 Å². The number of halogens is 1. The summed E-state index contributed by atoms with van der Waals surface area (Å²) in [6.45, 7) is 6.60. The van der Waals surface area contributed by atoms with Gasteiger partial charge in [-0.25, -0.2) is 0 Å². The van der Waals surface area contributed by atoms with Crippen molar-refractivity contribution in [1.29, 1.82) is 0 Å². The minimum atomic E-state index is -1.90. The number of carbonyl (C=O) groups excluding carboxylic acids is 2. The lowest BCUT2D eigenvalue weighted by molar-refractivity contribution is -0.136. The maximum atomic E-state index is 13.4. The molecule has 0 saturated heterocycles. The number of fused-ring (bicyclic) bond motifs is 1. The predicted molar refractivity (Wildman–Crippen MR) is 127 cm³/mol. The van der Waals surface area contributed by atoms with Crippen LogP contribution in [-0.4, -0.2) is 16.8 Å². The molecule has 1 N–H and O–H groups in total. The molecule has 0 saturated carbocycles. The summed E-state index contributed by atoms with van der Waals surface area (Å²) in [5.41, 5.74) is 1.62. The number of rotatable bonds is 5. The third-order valence-electron chi connectivity index (χ3n) is 5.98. The topological polar surface area (TPSA) is 57.6 Å². The first-order valence-electron chi connectivity index (χ1n) is 10.6. The molecule has 1 aliphatic rings. The maximum absolute atomic E-state index is 13.4. The second-order valence-corrected chi connectivity index (χ2v) is 9.76. The molecule has 0 aliphatic carbocycles. The summed E-state index contributed by atoms with van der Waals surface area (Å²) in [6.07, 6.45) is -0.311. The molecular weight excluding hydrogens is 422 g/mol. The molecule has 32 heavy (non-hydrogen) atoms. The molecule has 0 radical (unpaired) electrons. The Hall–Kier alpha value is -2.95. The Labute approximate surface area is 193 Å². The van der Waals surface area contributed by atoms with E-state index in [-0.39, 0.29) is 24.2 Å². The summed E-state index contributed by atoms with van der Waals surface area (Å²) in [6, 6.07) is 21.7. The van der Waals surface area contributed by atoms with Crippen LogP contribution in [0, 0.1) is 0 Å². The van der Waals surface area contributed by atoms with E-state index in [2.05, 4.69) is 20.8 Å². The lowest BCUT2D eigenvalue weighted by Crippen LogP contribution is -2.41. The fourth-order valence-corrected chi connectivity index (χ4v) is 4.22. The van der Waals surface area contributed by atoms with Gasteiger partial charge in [0.05, 0.1) is 18.7 Å². The lowest BCUT2D eigenvalue weighted by Gasteiger charge is -2.23. The summed E-state index contributed by atoms with van der Waals surface area (Å²) in [4.78, 5) is 28.0. The highest BCUT2D eigenvalue weighted by molar-refractivity contribution is 6.30. The molecule has 3 aromatic rings. The highest BCUT2D eigenvalue weighted by Crippen LogP contribution is 2.43. The Morgan fingerprint density at radius 3 is 2.22 bits per heavy atom. The molecule has 3 aromatic carbocycles. The van der Waals surface area contributed by atoms with Crippen LogP contribution in [0.15, 0.2) is 72.8 Å². The highest BCUT2D eigenvalue weighted by Gasteiger charge is 2.50. The van der Waals surface area contributed by atoms with Gasteiger partial charge in [0, 0.05) is 16.1 Å². The van der Waals surface area contributed by atoms with Crippen LogP contribution in [0.2, 0.25) is 5.02 Å². The predicted octanol–water partition coefficient (Wildman–Crippen LogP) is 5.64. The van der Waals surface area contributed by atoms with Crippen molar-refractivity contribution < 1.29 is 14.7 Å². The standard InChI is InChI=1S/C27H26ClNO3/c1-26(2,3)20-12-10-19(11-13-20)24(30)16-27(32)22-6-4-5-7-23(22)29(25(27)31)17-18-8-14-21(28)15-9-18/h4-15,32H,16-17H2,1-3H3/t27-/m0/s1. The van der Waals surface area contributed by atoms with E-state index in [9.17, 15) is 14.7 Å². The van der Waals surface area contributed by atoms with Crippen molar-refractivity contribution in [3.63, 3.8) is 0 Å². The Kier molecular flexibility index (Phi) is 5.70. The molecule has 1 amide bonds. The number of hydrogen-bond donors (Lipinski definition) is 1. The third kappa shape index (κ3) is 4.08. The van der Waals surface area contributed by atoms with Crippen molar-refractivity contribution in [2.45, 2.75) is 44.8 Å². The summed E-state index contributed by atoms with van der Waals surface area (Å²) >= 11 is 5.98. The quantitative estimate of drug-likeness (QED) is 0.514. The molecule has 0 bridgehead atoms. The second-order valence-electron chi connectivity index (χ2n) is 9.32. The highest BCUT2D eigenvalue weighted by atomic mass is 35.5. The van der Waals surface area contributed by atoms with Gasteiger partial charge >= 0.3 is 0 Å². The Bertz CT molecular complexity index is 1160. The minimum Gasteiger partial charge on any atom is -0.375 e. The summed E-state index contributed by atoms with van der Waals surface area (Å²) in [5, 5.41) is 12.1. The fraction of sp³-hybridized carbons (Fsp3) is 0.259. The van der Waals surface area contributed by atoms with Crippen molar-refractivity contribution in [3.05, 3.63) is 100 Å². The largest absolute Gasteiger partial charge is 0.375 e. The first kappa shape index (κ1) is 22.3. The van der Waals surface area contributed by atoms with Crippen molar-refractivity contribution in [2.75, 3.05) is 4.90 Å². The van der Waals surface area contributed by atoms with Crippen LogP contribution in [-0.2, 0) is 22.4 Å². The number of Topliss-reactive ketones (excluding diaryl/α,β-unsaturated/α-hetero) is 1. The van der Waals surface area contributed by atoms with Gasteiger partial charge in [0.1, 0.15) is 0 Å². The fourth-order valence-electron chi connectivity index (χ4n) is 4.10. The zero-order chi connectivity index (χ0) is 23.1. The molecule has 164 valence electrons. The van der Waals surface area contributed by atoms with Crippen LogP contribution in [0.5, 0.6) is 0 Å². The van der Waals surface area contributed by atoms with Gasteiger partial charge in [-0.1, -0.05) is 87.0 Å². The van der Waals surface area contributed by atoms with Gasteiger partial charge in [-0.3, -0.25) is 9.59 Å². The molecule has 1 atom stereocenters. The first-order valence-corrected chi connectivity index (χ1v) is 11.0. The van der Waals surface area contributed by atoms with Crippen molar-refractivity contribution in [3.8, 4) is 0 Å². The maximum Gasteiger partial charge on any atom is 0.264 e. The van der Waals surface area contributed by atoms with Crippen molar-refractivity contribution in [1.82, 2.24) is 0 Å². The van der Waals surface area contributed by atoms with E-state index in [0.29, 0.717) is 21.8 Å². The summed E-state index contributed by atoms with van der Waals surface area (Å²) < 4.78 is 0. The van der Waals surface area contributed by atoms with Crippen molar-refractivity contribution >= 4 is 29.0 Å². The summed E-state index contributed by atoms with van der Waals surface area (Å²) in [5.74, 6) is -0.766. The van der Waals surface area contributed by atoms with E-state index in [4.69, 9.17) is 11.6 Å². The third-order valence-corrected chi connectivity index (χ3v) is 6.23. The van der Waals surface area contributed by atoms with Gasteiger partial charge in [-0.15, -0.1) is 0 Å². The molecular formula is C27H26ClNO3. The average molecular weight is 448 g/mol. The molecule has 0 unspecified atom stereocenters. The zero-order valence-corrected chi connectivity index (χ0v) is 19.2.